The zero-order valence-electron chi connectivity index (χ0n) is 15.4. The molecule has 0 aliphatic carbocycles. The molecule has 0 saturated heterocycles. The van der Waals surface area contributed by atoms with Crippen molar-refractivity contribution in [2.24, 2.45) is 5.10 Å². The van der Waals surface area contributed by atoms with E-state index in [-0.39, 0.29) is 5.91 Å². The Labute approximate surface area is 181 Å². The van der Waals surface area contributed by atoms with E-state index in [9.17, 15) is 4.79 Å². The van der Waals surface area contributed by atoms with Crippen LogP contribution in [0.15, 0.2) is 70.1 Å². The summed E-state index contributed by atoms with van der Waals surface area (Å²) in [5.74, 6) is 1.24. The third-order valence-corrected chi connectivity index (χ3v) is 5.46. The summed E-state index contributed by atoms with van der Waals surface area (Å²) in [5, 5.41) is 11.7. The van der Waals surface area contributed by atoms with Crippen LogP contribution in [0.5, 0.6) is 11.5 Å². The summed E-state index contributed by atoms with van der Waals surface area (Å²) >= 11 is 4.74. The fourth-order valence-corrected chi connectivity index (χ4v) is 4.07. The molecule has 2 aliphatic rings. The average molecular weight is 472 g/mol. The van der Waals surface area contributed by atoms with Gasteiger partial charge < -0.3 is 9.47 Å². The van der Waals surface area contributed by atoms with Crippen molar-refractivity contribution in [1.29, 1.82) is 0 Å². The third kappa shape index (κ3) is 4.49. The molecule has 29 heavy (non-hydrogen) atoms. The maximum absolute atomic E-state index is 12.5. The Balaban J connectivity index is 1.54. The van der Waals surface area contributed by atoms with Gasteiger partial charge >= 0.3 is 0 Å². The zero-order chi connectivity index (χ0) is 20.2. The molecule has 2 aromatic rings. The number of ether oxygens (including phenoxy) is 2. The largest absolute Gasteiger partial charge is 0.486 e. The number of benzene rings is 2. The number of halogens is 1. The Morgan fingerprint density at radius 1 is 1.24 bits per heavy atom. The van der Waals surface area contributed by atoms with E-state index >= 15 is 0 Å². The first-order chi connectivity index (χ1) is 14.1. The zero-order valence-corrected chi connectivity index (χ0v) is 17.8. The van der Waals surface area contributed by atoms with Crippen LogP contribution >= 0.6 is 27.7 Å². The molecule has 0 unspecified atom stereocenters. The Morgan fingerprint density at radius 3 is 2.86 bits per heavy atom. The highest BCUT2D eigenvalue weighted by molar-refractivity contribution is 9.10. The van der Waals surface area contributed by atoms with Crippen molar-refractivity contribution in [3.8, 4) is 11.5 Å². The van der Waals surface area contributed by atoms with Gasteiger partial charge in [-0.1, -0.05) is 39.8 Å². The number of amidine groups is 1. The topological polar surface area (TPSA) is 63.2 Å². The summed E-state index contributed by atoms with van der Waals surface area (Å²) in [6.45, 7) is 5.40. The SMILES string of the molecule is C=CCN1N=C(NC(=O)c2cccc(Br)c2)SC=C1c1ccc2c(c1)OCCO2. The molecule has 148 valence electrons. The second kappa shape index (κ2) is 8.75. The molecule has 0 aromatic heterocycles. The van der Waals surface area contributed by atoms with Crippen molar-refractivity contribution >= 4 is 44.5 Å². The lowest BCUT2D eigenvalue weighted by atomic mass is 10.1. The molecular formula is C21H18BrN3O3S. The van der Waals surface area contributed by atoms with Crippen LogP contribution in [0, 0.1) is 0 Å². The number of hydrogen-bond acceptors (Lipinski definition) is 6. The van der Waals surface area contributed by atoms with E-state index in [0.29, 0.717) is 30.5 Å². The van der Waals surface area contributed by atoms with Crippen molar-refractivity contribution in [2.45, 2.75) is 0 Å². The molecule has 4 rings (SSSR count). The molecule has 0 spiro atoms. The Kier molecular flexibility index (Phi) is 5.92. The van der Waals surface area contributed by atoms with Crippen LogP contribution in [0.2, 0.25) is 0 Å². The maximum atomic E-state index is 12.5. The quantitative estimate of drug-likeness (QED) is 0.667. The van der Waals surface area contributed by atoms with Crippen molar-refractivity contribution in [2.75, 3.05) is 19.8 Å². The minimum atomic E-state index is -0.215. The van der Waals surface area contributed by atoms with Crippen LogP contribution in [0.25, 0.3) is 5.70 Å². The first-order valence-corrected chi connectivity index (χ1v) is 10.6. The molecule has 2 aliphatic heterocycles. The summed E-state index contributed by atoms with van der Waals surface area (Å²) in [5.41, 5.74) is 2.40. The van der Waals surface area contributed by atoms with Crippen molar-refractivity contribution in [3.05, 3.63) is 76.1 Å². The number of thioether (sulfide) groups is 1. The minimum absolute atomic E-state index is 0.215. The molecule has 0 radical (unpaired) electrons. The lowest BCUT2D eigenvalue weighted by Gasteiger charge is -2.27. The number of hydrazone groups is 1. The van der Waals surface area contributed by atoms with Crippen molar-refractivity contribution < 1.29 is 14.3 Å². The average Bonchev–Trinajstić information content (AvgIpc) is 2.74. The van der Waals surface area contributed by atoms with Gasteiger partial charge in [-0.15, -0.1) is 11.7 Å². The predicted octanol–water partition coefficient (Wildman–Crippen LogP) is 4.45. The standard InChI is InChI=1S/C21H18BrN3O3S/c1-2-8-25-17(14-6-7-18-19(12-14)28-10-9-27-18)13-29-21(24-25)23-20(26)15-4-3-5-16(22)11-15/h2-7,11-13H,1,8-10H2,(H,23,24,26). The molecule has 8 heteroatoms. The number of nitrogens with zero attached hydrogens (tertiary/aromatic N) is 2. The molecule has 2 aromatic carbocycles. The van der Waals surface area contributed by atoms with Gasteiger partial charge in [0.2, 0.25) is 0 Å². The van der Waals surface area contributed by atoms with E-state index in [1.807, 2.05) is 35.7 Å². The fraction of sp³-hybridized carbons (Fsp3) is 0.143. The van der Waals surface area contributed by atoms with E-state index in [4.69, 9.17) is 9.47 Å². The summed E-state index contributed by atoms with van der Waals surface area (Å²) in [4.78, 5) is 12.5. The molecule has 0 bridgehead atoms. The number of nitrogens with one attached hydrogen (secondary N) is 1. The fourth-order valence-electron chi connectivity index (χ4n) is 2.89. The van der Waals surface area contributed by atoms with Crippen LogP contribution in [-0.4, -0.2) is 35.8 Å². The maximum Gasteiger partial charge on any atom is 0.257 e. The molecule has 0 fully saturated rings. The molecule has 0 atom stereocenters. The normalized spacial score (nSPS) is 15.3. The van der Waals surface area contributed by atoms with Crippen LogP contribution in [0.1, 0.15) is 15.9 Å². The number of carbonyl (C=O) groups excluding carboxylic acids is 1. The molecule has 1 amide bonds. The molecule has 0 saturated carbocycles. The first kappa shape index (κ1) is 19.6. The van der Waals surface area contributed by atoms with E-state index in [1.54, 1.807) is 23.2 Å². The highest BCUT2D eigenvalue weighted by atomic mass is 79.9. The Morgan fingerprint density at radius 2 is 2.07 bits per heavy atom. The number of rotatable bonds is 4. The Hall–Kier alpha value is -2.71. The van der Waals surface area contributed by atoms with Gasteiger partial charge in [-0.3, -0.25) is 15.1 Å². The van der Waals surface area contributed by atoms with Gasteiger partial charge in [-0.05, 0) is 36.4 Å². The first-order valence-electron chi connectivity index (χ1n) is 8.95. The van der Waals surface area contributed by atoms with E-state index in [0.717, 1.165) is 27.2 Å². The summed E-state index contributed by atoms with van der Waals surface area (Å²) < 4.78 is 12.1. The molecule has 6 nitrogen and oxygen atoms in total. The second-order valence-electron chi connectivity index (χ2n) is 6.22. The van der Waals surface area contributed by atoms with Crippen LogP contribution in [0.3, 0.4) is 0 Å². The third-order valence-electron chi connectivity index (χ3n) is 4.22. The van der Waals surface area contributed by atoms with Gasteiger partial charge in [0.25, 0.3) is 5.91 Å². The van der Waals surface area contributed by atoms with Gasteiger partial charge in [0.05, 0.1) is 12.2 Å². The molecule has 2 heterocycles. The van der Waals surface area contributed by atoms with Crippen LogP contribution in [-0.2, 0) is 0 Å². The summed E-state index contributed by atoms with van der Waals surface area (Å²) in [6, 6.07) is 13.0. The van der Waals surface area contributed by atoms with Crippen molar-refractivity contribution in [1.82, 2.24) is 10.3 Å². The van der Waals surface area contributed by atoms with E-state index in [1.165, 1.54) is 11.8 Å². The lowest BCUT2D eigenvalue weighted by molar-refractivity contribution is 0.0977. The monoisotopic (exact) mass is 471 g/mol. The van der Waals surface area contributed by atoms with Gasteiger partial charge in [-0.2, -0.15) is 0 Å². The van der Waals surface area contributed by atoms with E-state index < -0.39 is 0 Å². The predicted molar refractivity (Wildman–Crippen MR) is 119 cm³/mol. The van der Waals surface area contributed by atoms with Crippen LogP contribution < -0.4 is 14.8 Å². The molecular weight excluding hydrogens is 454 g/mol. The van der Waals surface area contributed by atoms with Crippen LogP contribution in [0.4, 0.5) is 0 Å². The van der Waals surface area contributed by atoms with Gasteiger partial charge in [0.15, 0.2) is 16.7 Å². The minimum Gasteiger partial charge on any atom is -0.486 e. The number of carbonyl (C=O) groups is 1. The van der Waals surface area contributed by atoms with Gasteiger partial charge in [-0.25, -0.2) is 0 Å². The van der Waals surface area contributed by atoms with Crippen molar-refractivity contribution in [3.63, 3.8) is 0 Å². The summed E-state index contributed by atoms with van der Waals surface area (Å²) in [7, 11) is 0. The smallest absolute Gasteiger partial charge is 0.257 e. The lowest BCUT2D eigenvalue weighted by Crippen LogP contribution is -2.32. The number of hydrogen-bond donors (Lipinski definition) is 1. The second-order valence-corrected chi connectivity index (χ2v) is 7.99. The summed E-state index contributed by atoms with van der Waals surface area (Å²) in [6.07, 6.45) is 1.76. The van der Waals surface area contributed by atoms with Gasteiger partial charge in [0, 0.05) is 21.0 Å². The van der Waals surface area contributed by atoms with Gasteiger partial charge in [0.1, 0.15) is 13.2 Å². The Bertz CT molecular complexity index is 1020. The highest BCUT2D eigenvalue weighted by Gasteiger charge is 2.21. The highest BCUT2D eigenvalue weighted by Crippen LogP contribution is 2.36. The number of fused-ring (bicyclic) bond motifs is 1. The van der Waals surface area contributed by atoms with E-state index in [2.05, 4.69) is 32.9 Å². The molecule has 1 N–H and O–H groups in total. The number of amides is 1.